The predicted molar refractivity (Wildman–Crippen MR) is 154 cm³/mol. The van der Waals surface area contributed by atoms with E-state index in [2.05, 4.69) is 5.32 Å². The van der Waals surface area contributed by atoms with Crippen LogP contribution in [0.2, 0.25) is 0 Å². The molecular formula is C30H37N3O5S. The van der Waals surface area contributed by atoms with Gasteiger partial charge in [0.15, 0.2) is 0 Å². The average molecular weight is 552 g/mol. The number of carbonyl (C=O) groups excluding carboxylic acids is 2. The number of sulfonamides is 1. The van der Waals surface area contributed by atoms with Crippen molar-refractivity contribution in [2.75, 3.05) is 24.2 Å². The molecule has 3 rings (SSSR count). The van der Waals surface area contributed by atoms with Crippen molar-refractivity contribution < 1.29 is 22.7 Å². The predicted octanol–water partition coefficient (Wildman–Crippen LogP) is 4.02. The normalized spacial score (nSPS) is 12.7. The standard InChI is InChI=1S/C30H37N3O5S/c1-5-23(2)31-30(35)28(20-24-13-8-6-9-14-24)32(21-25-15-12-18-27(19-25)38-3)29(34)22-33(39(4,36)37)26-16-10-7-11-17-26/h6-19,23,28H,5,20-22H2,1-4H3,(H,31,35)/t23-,28-/m1/s1. The van der Waals surface area contributed by atoms with Gasteiger partial charge in [-0.25, -0.2) is 8.42 Å². The van der Waals surface area contributed by atoms with Crippen molar-refractivity contribution in [3.8, 4) is 5.75 Å². The summed E-state index contributed by atoms with van der Waals surface area (Å²) in [5.41, 5.74) is 2.01. The van der Waals surface area contributed by atoms with Gasteiger partial charge in [0.1, 0.15) is 18.3 Å². The van der Waals surface area contributed by atoms with Gasteiger partial charge in [-0.1, -0.05) is 67.6 Å². The van der Waals surface area contributed by atoms with Crippen LogP contribution in [0, 0.1) is 0 Å². The summed E-state index contributed by atoms with van der Waals surface area (Å²) >= 11 is 0. The van der Waals surface area contributed by atoms with Crippen molar-refractivity contribution in [1.82, 2.24) is 10.2 Å². The molecule has 0 unspecified atom stereocenters. The van der Waals surface area contributed by atoms with Crippen molar-refractivity contribution in [2.24, 2.45) is 0 Å². The summed E-state index contributed by atoms with van der Waals surface area (Å²) in [4.78, 5) is 29.2. The molecule has 0 bridgehead atoms. The number of hydrogen-bond acceptors (Lipinski definition) is 5. The lowest BCUT2D eigenvalue weighted by molar-refractivity contribution is -0.140. The Morgan fingerprint density at radius 3 is 2.13 bits per heavy atom. The molecule has 3 aromatic carbocycles. The number of para-hydroxylation sites is 1. The Morgan fingerprint density at radius 2 is 1.54 bits per heavy atom. The van der Waals surface area contributed by atoms with E-state index < -0.39 is 28.5 Å². The van der Waals surface area contributed by atoms with Gasteiger partial charge in [-0.3, -0.25) is 13.9 Å². The summed E-state index contributed by atoms with van der Waals surface area (Å²) in [6.07, 6.45) is 2.06. The largest absolute Gasteiger partial charge is 0.497 e. The maximum absolute atomic E-state index is 14.0. The van der Waals surface area contributed by atoms with Crippen LogP contribution in [-0.2, 0) is 32.6 Å². The van der Waals surface area contributed by atoms with Gasteiger partial charge in [0.05, 0.1) is 19.1 Å². The summed E-state index contributed by atoms with van der Waals surface area (Å²) in [5.74, 6) is -0.173. The quantitative estimate of drug-likeness (QED) is 0.346. The zero-order valence-corrected chi connectivity index (χ0v) is 23.7. The molecule has 0 aliphatic carbocycles. The number of hydrogen-bond donors (Lipinski definition) is 1. The van der Waals surface area contributed by atoms with E-state index in [-0.39, 0.29) is 24.9 Å². The van der Waals surface area contributed by atoms with Crippen molar-refractivity contribution in [2.45, 2.75) is 45.3 Å². The SMILES string of the molecule is CC[C@@H](C)NC(=O)[C@@H](Cc1ccccc1)N(Cc1cccc(OC)c1)C(=O)CN(c1ccccc1)S(C)(=O)=O. The number of methoxy groups -OCH3 is 1. The van der Waals surface area contributed by atoms with Crippen LogP contribution in [0.25, 0.3) is 0 Å². The molecule has 0 saturated heterocycles. The number of nitrogens with one attached hydrogen (secondary N) is 1. The van der Waals surface area contributed by atoms with E-state index >= 15 is 0 Å². The summed E-state index contributed by atoms with van der Waals surface area (Å²) in [6, 6.07) is 24.2. The first-order chi connectivity index (χ1) is 18.6. The van der Waals surface area contributed by atoms with Gasteiger partial charge in [0, 0.05) is 19.0 Å². The molecule has 0 spiro atoms. The smallest absolute Gasteiger partial charge is 0.244 e. The number of nitrogens with zero attached hydrogens (tertiary/aromatic N) is 2. The highest BCUT2D eigenvalue weighted by molar-refractivity contribution is 7.92. The molecule has 9 heteroatoms. The molecule has 208 valence electrons. The topological polar surface area (TPSA) is 96.0 Å². The third-order valence-corrected chi connectivity index (χ3v) is 7.62. The lowest BCUT2D eigenvalue weighted by atomic mass is 10.0. The summed E-state index contributed by atoms with van der Waals surface area (Å²) in [5, 5.41) is 3.02. The first-order valence-electron chi connectivity index (χ1n) is 12.9. The summed E-state index contributed by atoms with van der Waals surface area (Å²) in [7, 11) is -2.23. The maximum atomic E-state index is 14.0. The van der Waals surface area contributed by atoms with Gasteiger partial charge in [0.2, 0.25) is 21.8 Å². The van der Waals surface area contributed by atoms with Gasteiger partial charge in [-0.2, -0.15) is 0 Å². The zero-order chi connectivity index (χ0) is 28.4. The second-order valence-corrected chi connectivity index (χ2v) is 11.4. The molecule has 8 nitrogen and oxygen atoms in total. The van der Waals surface area contributed by atoms with Gasteiger partial charge in [0.25, 0.3) is 0 Å². The van der Waals surface area contributed by atoms with Crippen LogP contribution in [0.15, 0.2) is 84.9 Å². The van der Waals surface area contributed by atoms with E-state index in [4.69, 9.17) is 4.74 Å². The zero-order valence-electron chi connectivity index (χ0n) is 22.9. The van der Waals surface area contributed by atoms with E-state index in [0.29, 0.717) is 11.4 Å². The second-order valence-electron chi connectivity index (χ2n) is 9.50. The monoisotopic (exact) mass is 551 g/mol. The lowest BCUT2D eigenvalue weighted by Gasteiger charge is -2.34. The van der Waals surface area contributed by atoms with Crippen LogP contribution in [-0.4, -0.2) is 57.1 Å². The molecule has 0 heterocycles. The fourth-order valence-electron chi connectivity index (χ4n) is 4.17. The summed E-state index contributed by atoms with van der Waals surface area (Å²) in [6.45, 7) is 3.52. The van der Waals surface area contributed by atoms with Crippen molar-refractivity contribution in [3.05, 3.63) is 96.1 Å². The second kappa shape index (κ2) is 13.8. The molecule has 1 N–H and O–H groups in total. The molecule has 3 aromatic rings. The van der Waals surface area contributed by atoms with Crippen LogP contribution in [0.3, 0.4) is 0 Å². The van der Waals surface area contributed by atoms with E-state index in [9.17, 15) is 18.0 Å². The van der Waals surface area contributed by atoms with Crippen LogP contribution < -0.4 is 14.4 Å². The number of carbonyl (C=O) groups is 2. The Kier molecular flexibility index (Phi) is 10.5. The first kappa shape index (κ1) is 29.7. The van der Waals surface area contributed by atoms with Gasteiger partial charge < -0.3 is 15.0 Å². The van der Waals surface area contributed by atoms with E-state index in [1.54, 1.807) is 49.6 Å². The minimum Gasteiger partial charge on any atom is -0.497 e. The maximum Gasteiger partial charge on any atom is 0.244 e. The van der Waals surface area contributed by atoms with Crippen LogP contribution >= 0.6 is 0 Å². The highest BCUT2D eigenvalue weighted by atomic mass is 32.2. The van der Waals surface area contributed by atoms with Gasteiger partial charge in [-0.15, -0.1) is 0 Å². The molecule has 0 aromatic heterocycles. The Labute approximate surface area is 231 Å². The molecule has 0 aliphatic rings. The number of rotatable bonds is 13. The molecule has 39 heavy (non-hydrogen) atoms. The van der Waals surface area contributed by atoms with Crippen LogP contribution in [0.5, 0.6) is 5.75 Å². The van der Waals surface area contributed by atoms with Crippen molar-refractivity contribution >= 4 is 27.5 Å². The molecule has 0 saturated carbocycles. The highest BCUT2D eigenvalue weighted by Gasteiger charge is 2.33. The minimum atomic E-state index is -3.79. The lowest BCUT2D eigenvalue weighted by Crippen LogP contribution is -2.54. The Morgan fingerprint density at radius 1 is 0.923 bits per heavy atom. The molecule has 2 amide bonds. The number of anilines is 1. The number of benzene rings is 3. The molecular weight excluding hydrogens is 514 g/mol. The van der Waals surface area contributed by atoms with E-state index in [1.165, 1.54) is 4.90 Å². The Hall–Kier alpha value is -3.85. The molecule has 2 atom stereocenters. The molecule has 0 aliphatic heterocycles. The van der Waals surface area contributed by atoms with Gasteiger partial charge in [-0.05, 0) is 48.7 Å². The highest BCUT2D eigenvalue weighted by Crippen LogP contribution is 2.21. The third kappa shape index (κ3) is 8.58. The fraction of sp³-hybridized carbons (Fsp3) is 0.333. The average Bonchev–Trinajstić information content (AvgIpc) is 2.93. The van der Waals surface area contributed by atoms with Gasteiger partial charge >= 0.3 is 0 Å². The molecule has 0 fully saturated rings. The number of amides is 2. The first-order valence-corrected chi connectivity index (χ1v) is 14.8. The third-order valence-electron chi connectivity index (χ3n) is 6.48. The van der Waals surface area contributed by atoms with Crippen molar-refractivity contribution in [3.63, 3.8) is 0 Å². The number of ether oxygens (including phenoxy) is 1. The summed E-state index contributed by atoms with van der Waals surface area (Å²) < 4.78 is 32.0. The van der Waals surface area contributed by atoms with Crippen LogP contribution in [0.1, 0.15) is 31.4 Å². The van der Waals surface area contributed by atoms with Crippen LogP contribution in [0.4, 0.5) is 5.69 Å². The molecule has 0 radical (unpaired) electrons. The Balaban J connectivity index is 2.06. The Bertz CT molecular complexity index is 1330. The fourth-order valence-corrected chi connectivity index (χ4v) is 5.02. The van der Waals surface area contributed by atoms with Crippen molar-refractivity contribution in [1.29, 1.82) is 0 Å². The minimum absolute atomic E-state index is 0.0911. The van der Waals surface area contributed by atoms with E-state index in [1.807, 2.05) is 56.3 Å². The van der Waals surface area contributed by atoms with E-state index in [0.717, 1.165) is 28.1 Å².